The average molecular weight is 313 g/mol. The second kappa shape index (κ2) is 7.01. The van der Waals surface area contributed by atoms with Crippen LogP contribution >= 0.6 is 11.8 Å². The lowest BCUT2D eigenvalue weighted by atomic mass is 10.0. The van der Waals surface area contributed by atoms with Gasteiger partial charge in [-0.25, -0.2) is 0 Å². The minimum Gasteiger partial charge on any atom is -0.325 e. The molecule has 2 rings (SSSR count). The van der Waals surface area contributed by atoms with Crippen molar-refractivity contribution >= 4 is 23.4 Å². The molecule has 1 amide bonds. The van der Waals surface area contributed by atoms with E-state index in [9.17, 15) is 4.79 Å². The van der Waals surface area contributed by atoms with Gasteiger partial charge in [0.05, 0.1) is 5.25 Å². The summed E-state index contributed by atoms with van der Waals surface area (Å²) in [5, 5.41) is 2.83. The van der Waals surface area contributed by atoms with Gasteiger partial charge in [-0.05, 0) is 69.0 Å². The van der Waals surface area contributed by atoms with Gasteiger partial charge in [0.1, 0.15) is 0 Å². The average Bonchev–Trinajstić information content (AvgIpc) is 2.50. The molecule has 0 radical (unpaired) electrons. The van der Waals surface area contributed by atoms with Crippen molar-refractivity contribution in [1.29, 1.82) is 0 Å². The fraction of sp³-hybridized carbons (Fsp3) is 0.316. The molecule has 1 N–H and O–H groups in total. The number of thioether (sulfide) groups is 1. The fourth-order valence-electron chi connectivity index (χ4n) is 2.35. The number of para-hydroxylation sites is 1. The summed E-state index contributed by atoms with van der Waals surface area (Å²) < 4.78 is 0. The van der Waals surface area contributed by atoms with E-state index in [1.807, 2.05) is 37.3 Å². The monoisotopic (exact) mass is 313 g/mol. The van der Waals surface area contributed by atoms with Crippen molar-refractivity contribution in [3.05, 3.63) is 58.7 Å². The van der Waals surface area contributed by atoms with Crippen LogP contribution in [0.1, 0.15) is 29.2 Å². The molecule has 0 aliphatic heterocycles. The first-order valence-electron chi connectivity index (χ1n) is 7.50. The van der Waals surface area contributed by atoms with Crippen molar-refractivity contribution in [2.75, 3.05) is 5.32 Å². The highest BCUT2D eigenvalue weighted by Crippen LogP contribution is 2.33. The number of carbonyl (C=O) groups is 1. The van der Waals surface area contributed by atoms with Crippen LogP contribution in [0.5, 0.6) is 0 Å². The number of hydrogen-bond acceptors (Lipinski definition) is 2. The summed E-state index contributed by atoms with van der Waals surface area (Å²) in [6, 6.07) is 11.8. The molecule has 3 heteroatoms. The van der Waals surface area contributed by atoms with E-state index in [2.05, 4.69) is 39.1 Å². The lowest BCUT2D eigenvalue weighted by Gasteiger charge is -2.18. The number of rotatable bonds is 4. The summed E-state index contributed by atoms with van der Waals surface area (Å²) in [5.74, 6) is 0.0363. The molecule has 0 spiro atoms. The van der Waals surface area contributed by atoms with Crippen LogP contribution in [0, 0.1) is 27.7 Å². The third-order valence-corrected chi connectivity index (χ3v) is 5.42. The molecule has 0 unspecified atom stereocenters. The molecule has 0 bridgehead atoms. The number of anilines is 1. The second-order valence-corrected chi connectivity index (χ2v) is 7.06. The molecular formula is C19H23NOS. The van der Waals surface area contributed by atoms with Crippen molar-refractivity contribution in [3.8, 4) is 0 Å². The van der Waals surface area contributed by atoms with Crippen LogP contribution in [0.2, 0.25) is 0 Å². The molecule has 2 nitrogen and oxygen atoms in total. The van der Waals surface area contributed by atoms with Crippen LogP contribution in [0.15, 0.2) is 41.3 Å². The first kappa shape index (κ1) is 16.6. The lowest BCUT2D eigenvalue weighted by Crippen LogP contribution is -2.22. The molecule has 1 atom stereocenters. The maximum atomic E-state index is 12.4. The van der Waals surface area contributed by atoms with Gasteiger partial charge >= 0.3 is 0 Å². The Kier molecular flexibility index (Phi) is 5.30. The summed E-state index contributed by atoms with van der Waals surface area (Å²) in [5.41, 5.74) is 5.94. The van der Waals surface area contributed by atoms with Crippen LogP contribution in [-0.2, 0) is 4.79 Å². The van der Waals surface area contributed by atoms with Gasteiger partial charge in [0, 0.05) is 10.6 Å². The first-order chi connectivity index (χ1) is 10.4. The number of aryl methyl sites for hydroxylation is 2. The van der Waals surface area contributed by atoms with Crippen LogP contribution in [-0.4, -0.2) is 11.2 Å². The van der Waals surface area contributed by atoms with Gasteiger partial charge in [-0.2, -0.15) is 0 Å². The minimum atomic E-state index is -0.140. The van der Waals surface area contributed by atoms with E-state index < -0.39 is 0 Å². The number of benzene rings is 2. The molecule has 0 fully saturated rings. The Bertz CT molecular complexity index is 653. The van der Waals surface area contributed by atoms with Gasteiger partial charge in [0.2, 0.25) is 5.91 Å². The molecule has 0 aromatic heterocycles. The molecule has 0 saturated heterocycles. The van der Waals surface area contributed by atoms with E-state index in [4.69, 9.17) is 0 Å². The molecule has 22 heavy (non-hydrogen) atoms. The van der Waals surface area contributed by atoms with Crippen LogP contribution in [0.25, 0.3) is 0 Å². The summed E-state index contributed by atoms with van der Waals surface area (Å²) >= 11 is 1.64. The van der Waals surface area contributed by atoms with Gasteiger partial charge in [-0.3, -0.25) is 4.79 Å². The highest BCUT2D eigenvalue weighted by Gasteiger charge is 2.18. The highest BCUT2D eigenvalue weighted by atomic mass is 32.2. The molecule has 0 aliphatic rings. The van der Waals surface area contributed by atoms with E-state index in [1.54, 1.807) is 11.8 Å². The molecule has 2 aromatic rings. The predicted molar refractivity (Wildman–Crippen MR) is 95.8 cm³/mol. The number of hydrogen-bond donors (Lipinski definition) is 1. The van der Waals surface area contributed by atoms with E-state index in [-0.39, 0.29) is 11.2 Å². The molecule has 116 valence electrons. The number of carbonyl (C=O) groups excluding carboxylic acids is 1. The standard InChI is InChI=1S/C19H23NOS/c1-12-11-13(2)15(4)18(14(12)3)22-16(5)19(21)20-17-9-7-6-8-10-17/h6-11,16H,1-5H3,(H,20,21)/t16-/m1/s1. The Morgan fingerprint density at radius 2 is 1.55 bits per heavy atom. The summed E-state index contributed by atoms with van der Waals surface area (Å²) in [6.45, 7) is 10.5. The number of nitrogens with one attached hydrogen (secondary N) is 1. The molecule has 2 aromatic carbocycles. The molecule has 0 heterocycles. The zero-order valence-corrected chi connectivity index (χ0v) is 14.7. The maximum Gasteiger partial charge on any atom is 0.237 e. The van der Waals surface area contributed by atoms with Crippen molar-refractivity contribution in [2.45, 2.75) is 44.8 Å². The highest BCUT2D eigenvalue weighted by molar-refractivity contribution is 8.00. The van der Waals surface area contributed by atoms with Gasteiger partial charge < -0.3 is 5.32 Å². The van der Waals surface area contributed by atoms with Crippen molar-refractivity contribution in [2.24, 2.45) is 0 Å². The van der Waals surface area contributed by atoms with Gasteiger partial charge in [0.15, 0.2) is 0 Å². The van der Waals surface area contributed by atoms with Crippen LogP contribution in [0.3, 0.4) is 0 Å². The molecule has 0 aliphatic carbocycles. The predicted octanol–water partition coefficient (Wildman–Crippen LogP) is 5.04. The van der Waals surface area contributed by atoms with Gasteiger partial charge in [0.25, 0.3) is 0 Å². The summed E-state index contributed by atoms with van der Waals surface area (Å²) in [7, 11) is 0. The SMILES string of the molecule is Cc1cc(C)c(C)c(S[C@H](C)C(=O)Nc2ccccc2)c1C. The first-order valence-corrected chi connectivity index (χ1v) is 8.38. The minimum absolute atomic E-state index is 0.0363. The van der Waals surface area contributed by atoms with Crippen LogP contribution < -0.4 is 5.32 Å². The maximum absolute atomic E-state index is 12.4. The van der Waals surface area contributed by atoms with E-state index in [0.29, 0.717) is 0 Å². The zero-order valence-electron chi connectivity index (χ0n) is 13.9. The Hall–Kier alpha value is -1.74. The van der Waals surface area contributed by atoms with Crippen molar-refractivity contribution < 1.29 is 4.79 Å². The topological polar surface area (TPSA) is 29.1 Å². The molecule has 0 saturated carbocycles. The number of amides is 1. The summed E-state index contributed by atoms with van der Waals surface area (Å²) in [6.07, 6.45) is 0. The zero-order chi connectivity index (χ0) is 16.3. The van der Waals surface area contributed by atoms with Gasteiger partial charge in [-0.1, -0.05) is 24.3 Å². The van der Waals surface area contributed by atoms with Crippen LogP contribution in [0.4, 0.5) is 5.69 Å². The quantitative estimate of drug-likeness (QED) is 0.801. The van der Waals surface area contributed by atoms with E-state index in [0.717, 1.165) is 5.69 Å². The van der Waals surface area contributed by atoms with Gasteiger partial charge in [-0.15, -0.1) is 11.8 Å². The summed E-state index contributed by atoms with van der Waals surface area (Å²) in [4.78, 5) is 13.6. The van der Waals surface area contributed by atoms with Crippen molar-refractivity contribution in [3.63, 3.8) is 0 Å². The van der Waals surface area contributed by atoms with E-state index in [1.165, 1.54) is 27.1 Å². The third kappa shape index (κ3) is 3.72. The Balaban J connectivity index is 2.15. The van der Waals surface area contributed by atoms with E-state index >= 15 is 0 Å². The lowest BCUT2D eigenvalue weighted by molar-refractivity contribution is -0.115. The molecular weight excluding hydrogens is 290 g/mol. The third-order valence-electron chi connectivity index (χ3n) is 4.00. The Morgan fingerprint density at radius 1 is 1.00 bits per heavy atom. The smallest absolute Gasteiger partial charge is 0.237 e. The Labute approximate surface area is 137 Å². The van der Waals surface area contributed by atoms with Crippen molar-refractivity contribution in [1.82, 2.24) is 0 Å². The Morgan fingerprint density at radius 3 is 2.09 bits per heavy atom. The largest absolute Gasteiger partial charge is 0.325 e. The second-order valence-electron chi connectivity index (χ2n) is 5.70. The fourth-order valence-corrected chi connectivity index (χ4v) is 3.55. The normalized spacial score (nSPS) is 12.0.